The lowest BCUT2D eigenvalue weighted by Gasteiger charge is -2.24. The van der Waals surface area contributed by atoms with Crippen molar-refractivity contribution >= 4 is 17.5 Å². The molecule has 6 nitrogen and oxygen atoms in total. The molecule has 1 unspecified atom stereocenters. The molecular weight excluding hydrogens is 296 g/mol. The molecule has 2 rings (SSSR count). The summed E-state index contributed by atoms with van der Waals surface area (Å²) in [5, 5.41) is 12.6. The molecule has 0 aromatic heterocycles. The Kier molecular flexibility index (Phi) is 5.76. The van der Waals surface area contributed by atoms with Crippen LogP contribution >= 0.6 is 0 Å². The summed E-state index contributed by atoms with van der Waals surface area (Å²) in [4.78, 5) is 25.7. The van der Waals surface area contributed by atoms with Gasteiger partial charge in [-0.3, -0.25) is 9.59 Å². The Labute approximate surface area is 135 Å². The van der Waals surface area contributed by atoms with Crippen molar-refractivity contribution in [2.45, 2.75) is 13.3 Å². The number of phenolic OH excluding ortho intramolecular Hbond substituents is 1. The van der Waals surface area contributed by atoms with Gasteiger partial charge in [-0.1, -0.05) is 6.58 Å². The minimum Gasteiger partial charge on any atom is -0.507 e. The first-order valence-corrected chi connectivity index (χ1v) is 7.68. The predicted octanol–water partition coefficient (Wildman–Crippen LogP) is 2.02. The first kappa shape index (κ1) is 17.0. The van der Waals surface area contributed by atoms with Crippen molar-refractivity contribution in [3.8, 4) is 5.75 Å². The zero-order valence-electron chi connectivity index (χ0n) is 13.2. The summed E-state index contributed by atoms with van der Waals surface area (Å²) in [6.07, 6.45) is 2.08. The van der Waals surface area contributed by atoms with E-state index < -0.39 is 0 Å². The maximum absolute atomic E-state index is 12.7. The average Bonchev–Trinajstić information content (AvgIpc) is 3.06. The molecule has 0 bridgehead atoms. The van der Waals surface area contributed by atoms with Gasteiger partial charge in [-0.05, 0) is 37.6 Å². The number of aromatic hydroxyl groups is 1. The highest BCUT2D eigenvalue weighted by Gasteiger charge is 2.24. The number of amides is 2. The Morgan fingerprint density at radius 2 is 2.30 bits per heavy atom. The molecular formula is C17H22N2O4. The molecule has 0 aliphatic carbocycles. The van der Waals surface area contributed by atoms with E-state index in [0.717, 1.165) is 19.1 Å². The second kappa shape index (κ2) is 7.78. The van der Waals surface area contributed by atoms with Crippen LogP contribution in [0.1, 0.15) is 23.7 Å². The topological polar surface area (TPSA) is 78.9 Å². The zero-order chi connectivity index (χ0) is 16.8. The van der Waals surface area contributed by atoms with Crippen LogP contribution in [0.15, 0.2) is 30.9 Å². The van der Waals surface area contributed by atoms with Gasteiger partial charge < -0.3 is 20.1 Å². The van der Waals surface area contributed by atoms with Crippen LogP contribution in [0.2, 0.25) is 0 Å². The predicted molar refractivity (Wildman–Crippen MR) is 87.4 cm³/mol. The van der Waals surface area contributed by atoms with Crippen molar-refractivity contribution in [1.29, 1.82) is 0 Å². The fraction of sp³-hybridized carbons (Fsp3) is 0.412. The number of anilines is 1. The molecule has 124 valence electrons. The van der Waals surface area contributed by atoms with Gasteiger partial charge >= 0.3 is 0 Å². The Balaban J connectivity index is 2.16. The number of phenols is 1. The molecule has 1 saturated heterocycles. The lowest BCUT2D eigenvalue weighted by molar-refractivity contribution is -0.111. The number of carbonyl (C=O) groups is 2. The third-order valence-corrected chi connectivity index (χ3v) is 3.85. The number of benzene rings is 1. The van der Waals surface area contributed by atoms with Gasteiger partial charge in [-0.2, -0.15) is 0 Å². The van der Waals surface area contributed by atoms with Crippen molar-refractivity contribution in [1.82, 2.24) is 4.90 Å². The van der Waals surface area contributed by atoms with Gasteiger partial charge in [-0.25, -0.2) is 0 Å². The van der Waals surface area contributed by atoms with Crippen LogP contribution in [0.4, 0.5) is 5.69 Å². The first-order chi connectivity index (χ1) is 11.0. The Bertz CT molecular complexity index is 594. The van der Waals surface area contributed by atoms with Crippen molar-refractivity contribution in [3.63, 3.8) is 0 Å². The third-order valence-electron chi connectivity index (χ3n) is 3.85. The summed E-state index contributed by atoms with van der Waals surface area (Å²) in [6, 6.07) is 4.42. The molecule has 23 heavy (non-hydrogen) atoms. The van der Waals surface area contributed by atoms with Crippen LogP contribution in [0.3, 0.4) is 0 Å². The molecule has 1 aliphatic rings. The van der Waals surface area contributed by atoms with Crippen LogP contribution in [0.5, 0.6) is 5.75 Å². The van der Waals surface area contributed by atoms with Crippen LogP contribution in [-0.4, -0.2) is 48.1 Å². The van der Waals surface area contributed by atoms with E-state index in [-0.39, 0.29) is 23.1 Å². The summed E-state index contributed by atoms with van der Waals surface area (Å²) in [5.41, 5.74) is 0.615. The van der Waals surface area contributed by atoms with Gasteiger partial charge in [0, 0.05) is 31.3 Å². The molecule has 0 saturated carbocycles. The van der Waals surface area contributed by atoms with Crippen molar-refractivity contribution in [2.75, 3.05) is 31.6 Å². The smallest absolute Gasteiger partial charge is 0.257 e. The largest absolute Gasteiger partial charge is 0.507 e. The monoisotopic (exact) mass is 318 g/mol. The van der Waals surface area contributed by atoms with Gasteiger partial charge in [0.05, 0.1) is 12.2 Å². The third kappa shape index (κ3) is 4.32. The molecule has 1 fully saturated rings. The van der Waals surface area contributed by atoms with Crippen molar-refractivity contribution in [3.05, 3.63) is 36.4 Å². The van der Waals surface area contributed by atoms with E-state index in [1.54, 1.807) is 4.90 Å². The lowest BCUT2D eigenvalue weighted by Crippen LogP contribution is -2.35. The fourth-order valence-corrected chi connectivity index (χ4v) is 2.54. The summed E-state index contributed by atoms with van der Waals surface area (Å²) in [6.45, 7) is 7.80. The minimum absolute atomic E-state index is 0.104. The number of nitrogens with zero attached hydrogens (tertiary/aromatic N) is 1. The van der Waals surface area contributed by atoms with E-state index in [0.29, 0.717) is 31.3 Å². The van der Waals surface area contributed by atoms with E-state index >= 15 is 0 Å². The fourth-order valence-electron chi connectivity index (χ4n) is 2.54. The quantitative estimate of drug-likeness (QED) is 0.621. The van der Waals surface area contributed by atoms with Gasteiger partial charge in [0.25, 0.3) is 5.91 Å². The molecule has 0 spiro atoms. The van der Waals surface area contributed by atoms with Gasteiger partial charge in [0.1, 0.15) is 5.75 Å². The number of rotatable bonds is 6. The summed E-state index contributed by atoms with van der Waals surface area (Å²) in [7, 11) is 0. The molecule has 1 aliphatic heterocycles. The Morgan fingerprint density at radius 3 is 2.91 bits per heavy atom. The van der Waals surface area contributed by atoms with E-state index in [1.807, 2.05) is 6.92 Å². The second-order valence-electron chi connectivity index (χ2n) is 5.50. The Morgan fingerprint density at radius 1 is 1.52 bits per heavy atom. The van der Waals surface area contributed by atoms with Crippen LogP contribution in [0, 0.1) is 5.92 Å². The molecule has 6 heteroatoms. The summed E-state index contributed by atoms with van der Waals surface area (Å²) < 4.78 is 5.34. The molecule has 0 radical (unpaired) electrons. The van der Waals surface area contributed by atoms with Gasteiger partial charge in [0.15, 0.2) is 0 Å². The molecule has 2 amide bonds. The highest BCUT2D eigenvalue weighted by Crippen LogP contribution is 2.24. The standard InChI is InChI=1S/C17H22N2O4/c1-3-16(21)18-13-5-6-15(20)14(9-13)17(22)19(4-2)10-12-7-8-23-11-12/h3,5-6,9,12,20H,1,4,7-8,10-11H2,2H3,(H,18,21). The van der Waals surface area contributed by atoms with Crippen LogP contribution in [0.25, 0.3) is 0 Å². The van der Waals surface area contributed by atoms with E-state index in [4.69, 9.17) is 4.74 Å². The lowest BCUT2D eigenvalue weighted by atomic mass is 10.1. The number of carbonyl (C=O) groups excluding carboxylic acids is 2. The number of hydrogen-bond acceptors (Lipinski definition) is 4. The van der Waals surface area contributed by atoms with E-state index in [1.165, 1.54) is 18.2 Å². The van der Waals surface area contributed by atoms with Crippen molar-refractivity contribution in [2.24, 2.45) is 5.92 Å². The number of hydrogen-bond donors (Lipinski definition) is 2. The van der Waals surface area contributed by atoms with Crippen LogP contribution in [-0.2, 0) is 9.53 Å². The second-order valence-corrected chi connectivity index (χ2v) is 5.50. The first-order valence-electron chi connectivity index (χ1n) is 7.68. The highest BCUT2D eigenvalue weighted by atomic mass is 16.5. The maximum Gasteiger partial charge on any atom is 0.257 e. The molecule has 2 N–H and O–H groups in total. The van der Waals surface area contributed by atoms with Crippen LogP contribution < -0.4 is 5.32 Å². The van der Waals surface area contributed by atoms with Crippen molar-refractivity contribution < 1.29 is 19.4 Å². The molecule has 1 aromatic rings. The SMILES string of the molecule is C=CC(=O)Nc1ccc(O)c(C(=O)N(CC)CC2CCOC2)c1. The normalized spacial score (nSPS) is 16.8. The Hall–Kier alpha value is -2.34. The molecule has 1 heterocycles. The minimum atomic E-state index is -0.371. The molecule has 1 aromatic carbocycles. The maximum atomic E-state index is 12.7. The average molecular weight is 318 g/mol. The zero-order valence-corrected chi connectivity index (χ0v) is 13.2. The number of ether oxygens (including phenoxy) is 1. The molecule has 1 atom stereocenters. The van der Waals surface area contributed by atoms with Gasteiger partial charge in [-0.15, -0.1) is 0 Å². The summed E-state index contributed by atoms with van der Waals surface area (Å²) in [5.74, 6) is -0.409. The summed E-state index contributed by atoms with van der Waals surface area (Å²) >= 11 is 0. The van der Waals surface area contributed by atoms with Gasteiger partial charge in [0.2, 0.25) is 5.91 Å². The van der Waals surface area contributed by atoms with E-state index in [9.17, 15) is 14.7 Å². The number of nitrogens with one attached hydrogen (secondary N) is 1. The highest BCUT2D eigenvalue weighted by molar-refractivity contribution is 6.01. The van der Waals surface area contributed by atoms with E-state index in [2.05, 4.69) is 11.9 Å².